The van der Waals surface area contributed by atoms with Crippen molar-refractivity contribution >= 4 is 16.9 Å². The third kappa shape index (κ3) is 1.96. The minimum atomic E-state index is -0.383. The molecule has 0 saturated heterocycles. The number of aromatic nitrogens is 1. The fourth-order valence-corrected chi connectivity index (χ4v) is 1.65. The number of carbonyl (C=O) groups is 1. The van der Waals surface area contributed by atoms with Gasteiger partial charge in [0.05, 0.1) is 5.56 Å². The van der Waals surface area contributed by atoms with Gasteiger partial charge in [0.1, 0.15) is 17.5 Å². The van der Waals surface area contributed by atoms with Crippen molar-refractivity contribution in [2.75, 3.05) is 0 Å². The van der Waals surface area contributed by atoms with E-state index in [1.54, 1.807) is 42.5 Å². The van der Waals surface area contributed by atoms with E-state index in [1.807, 2.05) is 6.07 Å². The summed E-state index contributed by atoms with van der Waals surface area (Å²) >= 11 is 0. The molecule has 88 valence electrons. The lowest BCUT2D eigenvalue weighted by molar-refractivity contribution is 0.0735. The molecule has 0 N–H and O–H groups in total. The molecule has 0 saturated carbocycles. The Hall–Kier alpha value is -2.62. The summed E-state index contributed by atoms with van der Waals surface area (Å²) in [4.78, 5) is 11.8. The standard InChI is InChI=1S/C14H9NO3/c16-14(10-4-2-1-3-5-10)18-12-6-7-13-11(8-12)9-17-15-13/h1-9H. The van der Waals surface area contributed by atoms with Crippen molar-refractivity contribution < 1.29 is 14.1 Å². The fraction of sp³-hybridized carbons (Fsp3) is 0. The molecular weight excluding hydrogens is 230 g/mol. The molecule has 1 aromatic heterocycles. The Balaban J connectivity index is 1.86. The topological polar surface area (TPSA) is 52.3 Å². The molecule has 0 aliphatic heterocycles. The minimum Gasteiger partial charge on any atom is -0.423 e. The van der Waals surface area contributed by atoms with Gasteiger partial charge in [0, 0.05) is 5.39 Å². The van der Waals surface area contributed by atoms with Gasteiger partial charge in [-0.2, -0.15) is 0 Å². The van der Waals surface area contributed by atoms with E-state index in [0.717, 1.165) is 10.9 Å². The van der Waals surface area contributed by atoms with Crippen LogP contribution in [-0.4, -0.2) is 11.1 Å². The zero-order valence-corrected chi connectivity index (χ0v) is 9.37. The molecule has 3 aromatic rings. The van der Waals surface area contributed by atoms with Crippen LogP contribution in [0, 0.1) is 0 Å². The smallest absolute Gasteiger partial charge is 0.343 e. The minimum absolute atomic E-state index is 0.383. The highest BCUT2D eigenvalue weighted by Gasteiger charge is 2.08. The Morgan fingerprint density at radius 1 is 1.11 bits per heavy atom. The first-order valence-corrected chi connectivity index (χ1v) is 5.44. The molecule has 3 rings (SSSR count). The molecule has 4 nitrogen and oxygen atoms in total. The number of rotatable bonds is 2. The average Bonchev–Trinajstić information content (AvgIpc) is 2.87. The second-order valence-electron chi connectivity index (χ2n) is 3.79. The molecule has 2 aromatic carbocycles. The van der Waals surface area contributed by atoms with Gasteiger partial charge in [-0.15, -0.1) is 0 Å². The molecule has 0 fully saturated rings. The quantitative estimate of drug-likeness (QED) is 0.509. The lowest BCUT2D eigenvalue weighted by Crippen LogP contribution is -2.07. The van der Waals surface area contributed by atoms with Crippen molar-refractivity contribution in [2.24, 2.45) is 0 Å². The van der Waals surface area contributed by atoms with Crippen LogP contribution >= 0.6 is 0 Å². The molecule has 0 amide bonds. The van der Waals surface area contributed by atoms with Crippen LogP contribution < -0.4 is 4.74 Å². The predicted molar refractivity (Wildman–Crippen MR) is 65.4 cm³/mol. The maximum Gasteiger partial charge on any atom is 0.343 e. The summed E-state index contributed by atoms with van der Waals surface area (Å²) < 4.78 is 10.1. The van der Waals surface area contributed by atoms with Crippen LogP contribution in [0.1, 0.15) is 10.4 Å². The normalized spacial score (nSPS) is 10.4. The molecule has 18 heavy (non-hydrogen) atoms. The zero-order chi connectivity index (χ0) is 12.4. The monoisotopic (exact) mass is 239 g/mol. The van der Waals surface area contributed by atoms with Gasteiger partial charge >= 0.3 is 5.97 Å². The second-order valence-corrected chi connectivity index (χ2v) is 3.79. The van der Waals surface area contributed by atoms with E-state index in [4.69, 9.17) is 9.26 Å². The lowest BCUT2D eigenvalue weighted by atomic mass is 10.2. The summed E-state index contributed by atoms with van der Waals surface area (Å²) in [5.41, 5.74) is 1.25. The molecule has 0 unspecified atom stereocenters. The molecule has 0 aliphatic carbocycles. The van der Waals surface area contributed by atoms with Gasteiger partial charge in [-0.1, -0.05) is 23.4 Å². The number of fused-ring (bicyclic) bond motifs is 1. The molecule has 0 radical (unpaired) electrons. The van der Waals surface area contributed by atoms with Gasteiger partial charge in [0.15, 0.2) is 0 Å². The van der Waals surface area contributed by atoms with E-state index in [-0.39, 0.29) is 5.97 Å². The molecule has 0 spiro atoms. The summed E-state index contributed by atoms with van der Waals surface area (Å²) in [6.45, 7) is 0. The van der Waals surface area contributed by atoms with Crippen molar-refractivity contribution in [3.05, 3.63) is 60.4 Å². The van der Waals surface area contributed by atoms with Crippen molar-refractivity contribution in [1.29, 1.82) is 0 Å². The summed E-state index contributed by atoms with van der Waals surface area (Å²) in [5, 5.41) is 4.58. The highest BCUT2D eigenvalue weighted by Crippen LogP contribution is 2.20. The van der Waals surface area contributed by atoms with Gasteiger partial charge < -0.3 is 9.26 Å². The van der Waals surface area contributed by atoms with Crippen LogP contribution in [0.25, 0.3) is 10.9 Å². The highest BCUT2D eigenvalue weighted by atomic mass is 16.5. The van der Waals surface area contributed by atoms with Crippen LogP contribution in [0.15, 0.2) is 59.3 Å². The summed E-state index contributed by atoms with van der Waals surface area (Å²) in [6, 6.07) is 14.0. The summed E-state index contributed by atoms with van der Waals surface area (Å²) in [6.07, 6.45) is 1.51. The largest absolute Gasteiger partial charge is 0.423 e. The van der Waals surface area contributed by atoms with E-state index in [0.29, 0.717) is 11.3 Å². The summed E-state index contributed by atoms with van der Waals surface area (Å²) in [5.74, 6) is 0.0888. The Labute approximate surface area is 103 Å². The number of nitrogens with zero attached hydrogens (tertiary/aromatic N) is 1. The molecule has 4 heteroatoms. The van der Waals surface area contributed by atoms with Crippen LogP contribution in [0.3, 0.4) is 0 Å². The van der Waals surface area contributed by atoms with Gasteiger partial charge in [-0.3, -0.25) is 0 Å². The second kappa shape index (κ2) is 4.33. The number of hydrogen-bond acceptors (Lipinski definition) is 4. The SMILES string of the molecule is O=C(Oc1ccc2nocc2c1)c1ccccc1. The van der Waals surface area contributed by atoms with Crippen molar-refractivity contribution in [2.45, 2.75) is 0 Å². The maximum absolute atomic E-state index is 11.8. The van der Waals surface area contributed by atoms with Gasteiger partial charge in [0.25, 0.3) is 0 Å². The van der Waals surface area contributed by atoms with E-state index >= 15 is 0 Å². The predicted octanol–water partition coefficient (Wildman–Crippen LogP) is 3.05. The van der Waals surface area contributed by atoms with Crippen molar-refractivity contribution in [3.8, 4) is 5.75 Å². The molecule has 0 bridgehead atoms. The molecule has 0 atom stereocenters. The van der Waals surface area contributed by atoms with Crippen molar-refractivity contribution in [1.82, 2.24) is 5.16 Å². The van der Waals surface area contributed by atoms with Gasteiger partial charge in [-0.05, 0) is 30.3 Å². The Morgan fingerprint density at radius 2 is 1.94 bits per heavy atom. The molecular formula is C14H9NO3. The Bertz CT molecular complexity index is 688. The zero-order valence-electron chi connectivity index (χ0n) is 9.37. The first-order valence-electron chi connectivity index (χ1n) is 5.44. The third-order valence-corrected chi connectivity index (χ3v) is 2.55. The van der Waals surface area contributed by atoms with E-state index in [2.05, 4.69) is 5.16 Å². The fourth-order valence-electron chi connectivity index (χ4n) is 1.65. The number of esters is 1. The van der Waals surface area contributed by atoms with E-state index in [9.17, 15) is 4.79 Å². The Morgan fingerprint density at radius 3 is 2.78 bits per heavy atom. The summed E-state index contributed by atoms with van der Waals surface area (Å²) in [7, 11) is 0. The molecule has 0 aliphatic rings. The van der Waals surface area contributed by atoms with Gasteiger partial charge in [0.2, 0.25) is 0 Å². The van der Waals surface area contributed by atoms with E-state index in [1.165, 1.54) is 6.26 Å². The Kier molecular flexibility index (Phi) is 2.53. The third-order valence-electron chi connectivity index (χ3n) is 2.55. The highest BCUT2D eigenvalue weighted by molar-refractivity contribution is 5.91. The van der Waals surface area contributed by atoms with Gasteiger partial charge in [-0.25, -0.2) is 4.79 Å². The van der Waals surface area contributed by atoms with Crippen LogP contribution in [0.4, 0.5) is 0 Å². The molecule has 1 heterocycles. The van der Waals surface area contributed by atoms with Crippen LogP contribution in [0.5, 0.6) is 5.75 Å². The number of ether oxygens (including phenoxy) is 1. The first kappa shape index (κ1) is 10.5. The van der Waals surface area contributed by atoms with E-state index < -0.39 is 0 Å². The van der Waals surface area contributed by atoms with Crippen molar-refractivity contribution in [3.63, 3.8) is 0 Å². The first-order chi connectivity index (χ1) is 8.83. The van der Waals surface area contributed by atoms with Crippen LogP contribution in [0.2, 0.25) is 0 Å². The van der Waals surface area contributed by atoms with Crippen LogP contribution in [-0.2, 0) is 0 Å². The number of carbonyl (C=O) groups excluding carboxylic acids is 1. The lowest BCUT2D eigenvalue weighted by Gasteiger charge is -2.03. The number of benzene rings is 2. The maximum atomic E-state index is 11.8. The average molecular weight is 239 g/mol. The number of hydrogen-bond donors (Lipinski definition) is 0.